The van der Waals surface area contributed by atoms with Crippen molar-refractivity contribution in [3.05, 3.63) is 17.2 Å². The number of aromatic nitrogens is 2. The molecule has 2 nitrogen and oxygen atoms in total. The van der Waals surface area contributed by atoms with Crippen LogP contribution in [-0.2, 0) is 6.54 Å². The van der Waals surface area contributed by atoms with E-state index in [-0.39, 0.29) is 24.0 Å². The number of halogens is 1. The van der Waals surface area contributed by atoms with Crippen molar-refractivity contribution < 1.29 is 0 Å². The third-order valence-corrected chi connectivity index (χ3v) is 2.38. The minimum absolute atomic E-state index is 0. The van der Waals surface area contributed by atoms with Crippen LogP contribution in [0.3, 0.4) is 0 Å². The summed E-state index contributed by atoms with van der Waals surface area (Å²) < 4.78 is 2.30. The fraction of sp³-hybridized carbons (Fsp3) is 0.700. The van der Waals surface area contributed by atoms with E-state index >= 15 is 0 Å². The minimum atomic E-state index is 0. The van der Waals surface area contributed by atoms with Crippen molar-refractivity contribution in [2.45, 2.75) is 47.1 Å². The maximum absolute atomic E-state index is 4.43. The summed E-state index contributed by atoms with van der Waals surface area (Å²) in [4.78, 5) is 4.43. The van der Waals surface area contributed by atoms with Gasteiger partial charge in [-0.25, -0.2) is 4.98 Å². The maximum atomic E-state index is 4.43. The van der Waals surface area contributed by atoms with Crippen LogP contribution in [0.25, 0.3) is 0 Å². The summed E-state index contributed by atoms with van der Waals surface area (Å²) in [6, 6.07) is 0. The average Bonchev–Trinajstić information content (AvgIpc) is 2.25. The molecule has 1 heterocycles. The zero-order chi connectivity index (χ0) is 9.14. The van der Waals surface area contributed by atoms with E-state index in [9.17, 15) is 0 Å². The molecule has 76 valence electrons. The highest BCUT2D eigenvalue weighted by molar-refractivity contribution is 14.0. The molecule has 0 saturated carbocycles. The van der Waals surface area contributed by atoms with Crippen molar-refractivity contribution in [3.8, 4) is 0 Å². The van der Waals surface area contributed by atoms with Crippen LogP contribution in [0.1, 0.15) is 37.0 Å². The summed E-state index contributed by atoms with van der Waals surface area (Å²) in [6.07, 6.45) is 2.49. The number of rotatable bonds is 3. The second-order valence-electron chi connectivity index (χ2n) is 3.34. The van der Waals surface area contributed by atoms with Gasteiger partial charge in [-0.2, -0.15) is 0 Å². The van der Waals surface area contributed by atoms with Gasteiger partial charge in [0.25, 0.3) is 0 Å². The first-order chi connectivity index (χ1) is 5.66. The van der Waals surface area contributed by atoms with E-state index in [0.29, 0.717) is 0 Å². The summed E-state index contributed by atoms with van der Waals surface area (Å²) in [5, 5.41) is 0. The fourth-order valence-electron chi connectivity index (χ4n) is 1.47. The smallest absolute Gasteiger partial charge is 0.106 e. The zero-order valence-corrected chi connectivity index (χ0v) is 11.3. The number of hydrogen-bond acceptors (Lipinski definition) is 1. The van der Waals surface area contributed by atoms with Crippen molar-refractivity contribution in [3.63, 3.8) is 0 Å². The highest BCUT2D eigenvalue weighted by Crippen LogP contribution is 2.10. The van der Waals surface area contributed by atoms with Gasteiger partial charge < -0.3 is 4.57 Å². The monoisotopic (exact) mass is 294 g/mol. The van der Waals surface area contributed by atoms with Gasteiger partial charge in [-0.3, -0.25) is 0 Å². The van der Waals surface area contributed by atoms with Gasteiger partial charge >= 0.3 is 0 Å². The molecular formula is C10H19IN2. The first kappa shape index (κ1) is 12.9. The van der Waals surface area contributed by atoms with Gasteiger partial charge in [0, 0.05) is 12.2 Å². The molecule has 0 saturated heterocycles. The number of hydrogen-bond donors (Lipinski definition) is 0. The lowest BCUT2D eigenvalue weighted by molar-refractivity contribution is 0.604. The van der Waals surface area contributed by atoms with Crippen LogP contribution in [0.5, 0.6) is 0 Å². The second kappa shape index (κ2) is 5.62. The Morgan fingerprint density at radius 3 is 2.23 bits per heavy atom. The van der Waals surface area contributed by atoms with E-state index in [0.717, 1.165) is 12.4 Å². The van der Waals surface area contributed by atoms with Gasteiger partial charge in [-0.05, 0) is 27.2 Å². The lowest BCUT2D eigenvalue weighted by Gasteiger charge is -2.05. The van der Waals surface area contributed by atoms with Gasteiger partial charge in [0.1, 0.15) is 5.82 Å². The Hall–Kier alpha value is -0.0600. The molecule has 0 aromatic carbocycles. The van der Waals surface area contributed by atoms with E-state index in [1.165, 1.54) is 24.2 Å². The predicted molar refractivity (Wildman–Crippen MR) is 66.8 cm³/mol. The molecule has 0 bridgehead atoms. The number of unbranched alkanes of at least 4 members (excludes halogenated alkanes) is 1. The average molecular weight is 294 g/mol. The van der Waals surface area contributed by atoms with Gasteiger partial charge in [0.05, 0.1) is 5.69 Å². The van der Waals surface area contributed by atoms with Crippen LogP contribution in [-0.4, -0.2) is 9.55 Å². The Labute approximate surface area is 97.8 Å². The predicted octanol–water partition coefficient (Wildman–Crippen LogP) is 3.23. The van der Waals surface area contributed by atoms with Crippen molar-refractivity contribution in [2.24, 2.45) is 0 Å². The molecule has 1 aromatic rings. The molecule has 0 spiro atoms. The third kappa shape index (κ3) is 2.97. The second-order valence-corrected chi connectivity index (χ2v) is 3.34. The first-order valence-corrected chi connectivity index (χ1v) is 4.67. The number of imidazole rings is 1. The van der Waals surface area contributed by atoms with Gasteiger partial charge in [-0.15, -0.1) is 24.0 Å². The Morgan fingerprint density at radius 2 is 1.85 bits per heavy atom. The molecule has 0 aliphatic rings. The molecule has 0 N–H and O–H groups in total. The molecule has 1 aromatic heterocycles. The SMILES string of the molecule is CCCCn1c(C)nc(C)c1C.I. The molecule has 1 rings (SSSR count). The van der Waals surface area contributed by atoms with Crippen LogP contribution >= 0.6 is 24.0 Å². The molecule has 0 aliphatic carbocycles. The molecule has 0 aliphatic heterocycles. The highest BCUT2D eigenvalue weighted by atomic mass is 127. The Balaban J connectivity index is 0.00000144. The normalized spacial score (nSPS) is 9.85. The zero-order valence-electron chi connectivity index (χ0n) is 8.92. The maximum Gasteiger partial charge on any atom is 0.106 e. The molecule has 0 atom stereocenters. The number of aryl methyl sites for hydroxylation is 2. The van der Waals surface area contributed by atoms with E-state index in [2.05, 4.69) is 37.2 Å². The minimum Gasteiger partial charge on any atom is -0.332 e. The Kier molecular flexibility index (Phi) is 5.60. The number of nitrogens with zero attached hydrogens (tertiary/aromatic N) is 2. The van der Waals surface area contributed by atoms with E-state index in [1.807, 2.05) is 0 Å². The fourth-order valence-corrected chi connectivity index (χ4v) is 1.47. The van der Waals surface area contributed by atoms with Crippen LogP contribution in [0.15, 0.2) is 0 Å². The van der Waals surface area contributed by atoms with Gasteiger partial charge in [-0.1, -0.05) is 13.3 Å². The summed E-state index contributed by atoms with van der Waals surface area (Å²) in [5.41, 5.74) is 2.49. The standard InChI is InChI=1S/C10H18N2.HI/c1-5-6-7-12-9(3)8(2)11-10(12)4;/h5-7H2,1-4H3;1H. The lowest BCUT2D eigenvalue weighted by Crippen LogP contribution is -2.02. The summed E-state index contributed by atoms with van der Waals surface area (Å²) >= 11 is 0. The van der Waals surface area contributed by atoms with Crippen LogP contribution < -0.4 is 0 Å². The largest absolute Gasteiger partial charge is 0.332 e. The highest BCUT2D eigenvalue weighted by Gasteiger charge is 2.05. The van der Waals surface area contributed by atoms with E-state index in [4.69, 9.17) is 0 Å². The Morgan fingerprint density at radius 1 is 1.23 bits per heavy atom. The van der Waals surface area contributed by atoms with E-state index in [1.54, 1.807) is 0 Å². The molecule has 13 heavy (non-hydrogen) atoms. The van der Waals surface area contributed by atoms with Gasteiger partial charge in [0.15, 0.2) is 0 Å². The summed E-state index contributed by atoms with van der Waals surface area (Å²) in [7, 11) is 0. The lowest BCUT2D eigenvalue weighted by atomic mass is 10.3. The molecule has 0 amide bonds. The quantitative estimate of drug-likeness (QED) is 0.783. The third-order valence-electron chi connectivity index (χ3n) is 2.38. The first-order valence-electron chi connectivity index (χ1n) is 4.67. The summed E-state index contributed by atoms with van der Waals surface area (Å²) in [6.45, 7) is 9.63. The summed E-state index contributed by atoms with van der Waals surface area (Å²) in [5.74, 6) is 1.15. The van der Waals surface area contributed by atoms with Crippen LogP contribution in [0.4, 0.5) is 0 Å². The molecule has 3 heteroatoms. The van der Waals surface area contributed by atoms with Crippen LogP contribution in [0, 0.1) is 20.8 Å². The van der Waals surface area contributed by atoms with Crippen molar-refractivity contribution in [1.82, 2.24) is 9.55 Å². The molecule has 0 unspecified atom stereocenters. The molecular weight excluding hydrogens is 275 g/mol. The molecule has 0 radical (unpaired) electrons. The van der Waals surface area contributed by atoms with Crippen molar-refractivity contribution in [1.29, 1.82) is 0 Å². The van der Waals surface area contributed by atoms with Crippen molar-refractivity contribution in [2.75, 3.05) is 0 Å². The van der Waals surface area contributed by atoms with Crippen LogP contribution in [0.2, 0.25) is 0 Å². The van der Waals surface area contributed by atoms with Gasteiger partial charge in [0.2, 0.25) is 0 Å². The van der Waals surface area contributed by atoms with E-state index < -0.39 is 0 Å². The topological polar surface area (TPSA) is 17.8 Å². The van der Waals surface area contributed by atoms with Crippen molar-refractivity contribution >= 4 is 24.0 Å². The Bertz CT molecular complexity index is 266. The molecule has 0 fully saturated rings.